The Labute approximate surface area is 121 Å². The third kappa shape index (κ3) is 2.80. The van der Waals surface area contributed by atoms with Gasteiger partial charge in [0.05, 0.1) is 6.04 Å². The molecule has 0 aliphatic carbocycles. The Hall–Kier alpha value is -0.200. The minimum Gasteiger partial charge on any atom is -0.271 e. The van der Waals surface area contributed by atoms with Crippen LogP contribution < -0.4 is 11.3 Å². The van der Waals surface area contributed by atoms with E-state index in [9.17, 15) is 0 Å². The van der Waals surface area contributed by atoms with E-state index in [-0.39, 0.29) is 6.04 Å². The quantitative estimate of drug-likeness (QED) is 0.625. The van der Waals surface area contributed by atoms with E-state index in [0.717, 1.165) is 8.95 Å². The Morgan fingerprint density at radius 1 is 1.24 bits per heavy atom. The largest absolute Gasteiger partial charge is 0.271 e. The van der Waals surface area contributed by atoms with Crippen molar-refractivity contribution in [1.82, 2.24) is 5.43 Å². The first-order valence-electron chi connectivity index (χ1n) is 5.07. The highest BCUT2D eigenvalue weighted by Gasteiger charge is 2.17. The molecule has 2 nitrogen and oxygen atoms in total. The minimum atomic E-state index is 0.0173. The van der Waals surface area contributed by atoms with Crippen LogP contribution in [0.25, 0.3) is 0 Å². The number of hydrazine groups is 1. The lowest BCUT2D eigenvalue weighted by Crippen LogP contribution is -2.29. The van der Waals surface area contributed by atoms with E-state index in [0.29, 0.717) is 0 Å². The molecule has 0 spiro atoms. The first-order valence-corrected chi connectivity index (χ1v) is 7.60. The maximum Gasteiger partial charge on any atom is 0.0731 e. The van der Waals surface area contributed by atoms with E-state index in [2.05, 4.69) is 67.1 Å². The minimum absolute atomic E-state index is 0.0173. The first kappa shape index (κ1) is 13.2. The zero-order chi connectivity index (χ0) is 12.4. The molecule has 2 aromatic rings. The van der Waals surface area contributed by atoms with Gasteiger partial charge in [-0.2, -0.15) is 11.3 Å². The molecule has 90 valence electrons. The standard InChI is InChI=1S/C12H12Br2N2S/c1-7-4-8(13)2-3-9(7)12(16-15)10-5-17-6-11(10)14/h2-6,12,16H,15H2,1H3. The summed E-state index contributed by atoms with van der Waals surface area (Å²) in [4.78, 5) is 0. The van der Waals surface area contributed by atoms with Crippen molar-refractivity contribution in [2.45, 2.75) is 13.0 Å². The Kier molecular flexibility index (Phi) is 4.38. The fourth-order valence-electron chi connectivity index (χ4n) is 1.81. The van der Waals surface area contributed by atoms with Gasteiger partial charge < -0.3 is 0 Å². The van der Waals surface area contributed by atoms with Crippen LogP contribution >= 0.6 is 43.2 Å². The molecule has 2 rings (SSSR count). The SMILES string of the molecule is Cc1cc(Br)ccc1C(NN)c1cscc1Br. The number of halogens is 2. The van der Waals surface area contributed by atoms with Crippen LogP contribution in [0.2, 0.25) is 0 Å². The van der Waals surface area contributed by atoms with Crippen LogP contribution in [-0.4, -0.2) is 0 Å². The van der Waals surface area contributed by atoms with Crippen molar-refractivity contribution in [3.05, 3.63) is 54.6 Å². The van der Waals surface area contributed by atoms with Gasteiger partial charge in [0, 0.05) is 14.3 Å². The molecule has 1 heterocycles. The van der Waals surface area contributed by atoms with Gasteiger partial charge in [-0.3, -0.25) is 5.84 Å². The number of aryl methyl sites for hydroxylation is 1. The van der Waals surface area contributed by atoms with Gasteiger partial charge in [-0.1, -0.05) is 22.0 Å². The van der Waals surface area contributed by atoms with Crippen LogP contribution in [0.4, 0.5) is 0 Å². The smallest absolute Gasteiger partial charge is 0.0731 e. The Balaban J connectivity index is 2.46. The molecule has 1 unspecified atom stereocenters. The second-order valence-electron chi connectivity index (χ2n) is 3.78. The van der Waals surface area contributed by atoms with Gasteiger partial charge in [-0.05, 0) is 57.1 Å². The maximum atomic E-state index is 5.69. The Morgan fingerprint density at radius 3 is 2.53 bits per heavy atom. The van der Waals surface area contributed by atoms with Gasteiger partial charge in [0.1, 0.15) is 0 Å². The molecule has 0 aliphatic rings. The van der Waals surface area contributed by atoms with Gasteiger partial charge in [0.25, 0.3) is 0 Å². The maximum absolute atomic E-state index is 5.69. The van der Waals surface area contributed by atoms with Gasteiger partial charge >= 0.3 is 0 Å². The molecule has 1 aromatic carbocycles. The second kappa shape index (κ2) is 5.63. The molecule has 0 saturated heterocycles. The molecule has 0 radical (unpaired) electrons. The lowest BCUT2D eigenvalue weighted by Gasteiger charge is -2.18. The van der Waals surface area contributed by atoms with E-state index in [4.69, 9.17) is 5.84 Å². The highest BCUT2D eigenvalue weighted by Crippen LogP contribution is 2.33. The van der Waals surface area contributed by atoms with E-state index >= 15 is 0 Å². The van der Waals surface area contributed by atoms with Crippen molar-refractivity contribution in [3.8, 4) is 0 Å². The number of hydrogen-bond donors (Lipinski definition) is 2. The molecule has 0 bridgehead atoms. The summed E-state index contributed by atoms with van der Waals surface area (Å²) < 4.78 is 2.17. The second-order valence-corrected chi connectivity index (χ2v) is 6.29. The molecule has 0 amide bonds. The number of thiophene rings is 1. The van der Waals surface area contributed by atoms with Crippen LogP contribution in [0, 0.1) is 6.92 Å². The van der Waals surface area contributed by atoms with Crippen LogP contribution in [0.3, 0.4) is 0 Å². The van der Waals surface area contributed by atoms with Crippen molar-refractivity contribution in [3.63, 3.8) is 0 Å². The lowest BCUT2D eigenvalue weighted by molar-refractivity contribution is 0.633. The molecule has 3 N–H and O–H groups in total. The van der Waals surface area contributed by atoms with Crippen LogP contribution in [-0.2, 0) is 0 Å². The normalized spacial score (nSPS) is 12.7. The van der Waals surface area contributed by atoms with Crippen molar-refractivity contribution >= 4 is 43.2 Å². The summed E-state index contributed by atoms with van der Waals surface area (Å²) in [7, 11) is 0. The van der Waals surface area contributed by atoms with Crippen molar-refractivity contribution < 1.29 is 0 Å². The summed E-state index contributed by atoms with van der Waals surface area (Å²) in [5, 5.41) is 4.17. The van der Waals surface area contributed by atoms with E-state index in [1.54, 1.807) is 11.3 Å². The topological polar surface area (TPSA) is 38.0 Å². The van der Waals surface area contributed by atoms with Gasteiger partial charge in [-0.25, -0.2) is 5.43 Å². The molecule has 17 heavy (non-hydrogen) atoms. The Morgan fingerprint density at radius 2 is 2.00 bits per heavy atom. The third-order valence-electron chi connectivity index (χ3n) is 2.66. The van der Waals surface area contributed by atoms with Crippen molar-refractivity contribution in [2.75, 3.05) is 0 Å². The molecule has 1 aromatic heterocycles. The third-order valence-corrected chi connectivity index (χ3v) is 4.91. The van der Waals surface area contributed by atoms with Crippen LogP contribution in [0.15, 0.2) is 37.9 Å². The zero-order valence-corrected chi connectivity index (χ0v) is 13.2. The van der Waals surface area contributed by atoms with Crippen molar-refractivity contribution in [2.24, 2.45) is 5.84 Å². The number of nitrogens with two attached hydrogens (primary N) is 1. The zero-order valence-electron chi connectivity index (χ0n) is 9.21. The first-order chi connectivity index (χ1) is 8.13. The van der Waals surface area contributed by atoms with E-state index < -0.39 is 0 Å². The predicted molar refractivity (Wildman–Crippen MR) is 80.1 cm³/mol. The summed E-state index contributed by atoms with van der Waals surface area (Å²) >= 11 is 8.68. The van der Waals surface area contributed by atoms with Gasteiger partial charge in [-0.15, -0.1) is 0 Å². The summed E-state index contributed by atoms with van der Waals surface area (Å²) in [6.45, 7) is 2.09. The summed E-state index contributed by atoms with van der Waals surface area (Å²) in [5.74, 6) is 5.69. The van der Waals surface area contributed by atoms with Crippen LogP contribution in [0.1, 0.15) is 22.7 Å². The molecule has 5 heteroatoms. The highest BCUT2D eigenvalue weighted by molar-refractivity contribution is 9.10. The summed E-state index contributed by atoms with van der Waals surface area (Å²) in [5.41, 5.74) is 6.45. The number of rotatable bonds is 3. The molecular formula is C12H12Br2N2S. The average Bonchev–Trinajstić information content (AvgIpc) is 2.69. The molecule has 0 fully saturated rings. The van der Waals surface area contributed by atoms with Crippen molar-refractivity contribution in [1.29, 1.82) is 0 Å². The molecule has 1 atom stereocenters. The monoisotopic (exact) mass is 374 g/mol. The molecular weight excluding hydrogens is 364 g/mol. The fourth-order valence-corrected chi connectivity index (χ4v) is 3.83. The summed E-state index contributed by atoms with van der Waals surface area (Å²) in [6.07, 6.45) is 0. The van der Waals surface area contributed by atoms with E-state index in [1.807, 2.05) is 6.07 Å². The lowest BCUT2D eigenvalue weighted by atomic mass is 9.97. The molecule has 0 saturated carbocycles. The fraction of sp³-hybridized carbons (Fsp3) is 0.167. The Bertz CT molecular complexity index is 525. The average molecular weight is 376 g/mol. The predicted octanol–water partition coefficient (Wildman–Crippen LogP) is 4.13. The number of benzene rings is 1. The highest BCUT2D eigenvalue weighted by atomic mass is 79.9. The summed E-state index contributed by atoms with van der Waals surface area (Å²) in [6, 6.07) is 6.24. The van der Waals surface area contributed by atoms with Crippen LogP contribution in [0.5, 0.6) is 0 Å². The molecule has 0 aliphatic heterocycles. The van der Waals surface area contributed by atoms with E-state index in [1.165, 1.54) is 16.7 Å². The van der Waals surface area contributed by atoms with Gasteiger partial charge in [0.2, 0.25) is 0 Å². The number of nitrogens with one attached hydrogen (secondary N) is 1. The van der Waals surface area contributed by atoms with Gasteiger partial charge in [0.15, 0.2) is 0 Å². The number of hydrogen-bond acceptors (Lipinski definition) is 3.